The third-order valence-electron chi connectivity index (χ3n) is 3.01. The van der Waals surface area contributed by atoms with Crippen LogP contribution in [0.15, 0.2) is 43.0 Å². The average molecular weight is 241 g/mol. The van der Waals surface area contributed by atoms with Crippen LogP contribution in [-0.4, -0.2) is 16.1 Å². The highest BCUT2D eigenvalue weighted by molar-refractivity contribution is 5.33. The van der Waals surface area contributed by atoms with Crippen LogP contribution < -0.4 is 10.5 Å². The van der Waals surface area contributed by atoms with Crippen molar-refractivity contribution in [1.29, 1.82) is 0 Å². The van der Waals surface area contributed by atoms with Gasteiger partial charge in [0, 0.05) is 18.0 Å². The van der Waals surface area contributed by atoms with Crippen LogP contribution in [0.1, 0.15) is 30.0 Å². The molecule has 4 nitrogen and oxygen atoms in total. The van der Waals surface area contributed by atoms with E-state index in [1.165, 1.54) is 19.2 Å². The van der Waals surface area contributed by atoms with Gasteiger partial charge in [-0.25, -0.2) is 9.97 Å². The molecule has 1 unspecified atom stereocenters. The first kappa shape index (κ1) is 11.2. The third-order valence-corrected chi connectivity index (χ3v) is 3.01. The van der Waals surface area contributed by atoms with Crippen LogP contribution in [0, 0.1) is 0 Å². The monoisotopic (exact) mass is 241 g/mol. The Labute approximate surface area is 106 Å². The summed E-state index contributed by atoms with van der Waals surface area (Å²) in [4.78, 5) is 7.96. The van der Waals surface area contributed by atoms with Crippen LogP contribution in [-0.2, 0) is 0 Å². The van der Waals surface area contributed by atoms with Crippen LogP contribution in [0.4, 0.5) is 0 Å². The molecule has 3 rings (SSSR count). The fourth-order valence-electron chi connectivity index (χ4n) is 1.80. The van der Waals surface area contributed by atoms with Crippen molar-refractivity contribution in [2.75, 3.05) is 0 Å². The zero-order valence-corrected chi connectivity index (χ0v) is 9.99. The smallest absolute Gasteiger partial charge is 0.119 e. The summed E-state index contributed by atoms with van der Waals surface area (Å²) in [5, 5.41) is 0. The molecule has 1 aromatic carbocycles. The average Bonchev–Trinajstić information content (AvgIpc) is 3.24. The van der Waals surface area contributed by atoms with Gasteiger partial charge in [-0.05, 0) is 30.5 Å². The van der Waals surface area contributed by atoms with Gasteiger partial charge in [-0.3, -0.25) is 0 Å². The van der Waals surface area contributed by atoms with Gasteiger partial charge < -0.3 is 10.5 Å². The van der Waals surface area contributed by atoms with Gasteiger partial charge in [-0.15, -0.1) is 0 Å². The van der Waals surface area contributed by atoms with E-state index in [-0.39, 0.29) is 6.04 Å². The largest absolute Gasteiger partial charge is 0.490 e. The number of hydrogen-bond acceptors (Lipinski definition) is 4. The molecule has 0 spiro atoms. The molecule has 1 saturated carbocycles. The van der Waals surface area contributed by atoms with Crippen molar-refractivity contribution in [3.05, 3.63) is 54.1 Å². The minimum absolute atomic E-state index is 0.193. The van der Waals surface area contributed by atoms with E-state index in [1.54, 1.807) is 12.4 Å². The van der Waals surface area contributed by atoms with E-state index in [4.69, 9.17) is 10.5 Å². The summed E-state index contributed by atoms with van der Waals surface area (Å²) < 4.78 is 5.70. The molecule has 4 heteroatoms. The number of benzene rings is 1. The second-order valence-electron chi connectivity index (χ2n) is 4.54. The molecule has 0 amide bonds. The summed E-state index contributed by atoms with van der Waals surface area (Å²) in [7, 11) is 0. The van der Waals surface area contributed by atoms with Gasteiger partial charge in [-0.1, -0.05) is 12.1 Å². The number of nitrogens with zero attached hydrogens (tertiary/aromatic N) is 2. The minimum atomic E-state index is -0.193. The molecule has 0 radical (unpaired) electrons. The molecule has 92 valence electrons. The fourth-order valence-corrected chi connectivity index (χ4v) is 1.80. The van der Waals surface area contributed by atoms with Gasteiger partial charge in [0.15, 0.2) is 0 Å². The lowest BCUT2D eigenvalue weighted by Crippen LogP contribution is -2.12. The lowest BCUT2D eigenvalue weighted by molar-refractivity contribution is 0.303. The number of nitrogens with two attached hydrogens (primary N) is 1. The lowest BCUT2D eigenvalue weighted by atomic mass is 10.0. The number of aromatic nitrogens is 2. The Hall–Kier alpha value is -1.94. The zero-order chi connectivity index (χ0) is 12.4. The van der Waals surface area contributed by atoms with E-state index in [0.717, 1.165) is 16.9 Å². The molecule has 18 heavy (non-hydrogen) atoms. The van der Waals surface area contributed by atoms with Crippen LogP contribution in [0.2, 0.25) is 0 Å². The van der Waals surface area contributed by atoms with Crippen molar-refractivity contribution >= 4 is 0 Å². The first-order valence-corrected chi connectivity index (χ1v) is 6.10. The molecule has 2 N–H and O–H groups in total. The Balaban J connectivity index is 1.75. The van der Waals surface area contributed by atoms with E-state index in [9.17, 15) is 0 Å². The minimum Gasteiger partial charge on any atom is -0.490 e. The van der Waals surface area contributed by atoms with Crippen molar-refractivity contribution in [3.8, 4) is 5.75 Å². The topological polar surface area (TPSA) is 61.0 Å². The molecule has 1 fully saturated rings. The summed E-state index contributed by atoms with van der Waals surface area (Å²) in [5.41, 5.74) is 8.10. The molecule has 2 aromatic rings. The van der Waals surface area contributed by atoms with E-state index in [0.29, 0.717) is 6.10 Å². The maximum Gasteiger partial charge on any atom is 0.119 e. The molecular formula is C14H15N3O. The van der Waals surface area contributed by atoms with E-state index >= 15 is 0 Å². The van der Waals surface area contributed by atoms with Crippen molar-refractivity contribution in [2.24, 2.45) is 5.73 Å². The highest BCUT2D eigenvalue weighted by atomic mass is 16.5. The lowest BCUT2D eigenvalue weighted by Gasteiger charge is -2.12. The highest BCUT2D eigenvalue weighted by Crippen LogP contribution is 2.28. The van der Waals surface area contributed by atoms with Crippen molar-refractivity contribution in [2.45, 2.75) is 25.0 Å². The van der Waals surface area contributed by atoms with Gasteiger partial charge in [0.1, 0.15) is 12.1 Å². The van der Waals surface area contributed by atoms with Crippen LogP contribution in [0.25, 0.3) is 0 Å². The van der Waals surface area contributed by atoms with Gasteiger partial charge in [-0.2, -0.15) is 0 Å². The van der Waals surface area contributed by atoms with Gasteiger partial charge in [0.2, 0.25) is 0 Å². The third kappa shape index (κ3) is 2.49. The molecule has 1 heterocycles. The fraction of sp³-hybridized carbons (Fsp3) is 0.286. The number of ether oxygens (including phenoxy) is 1. The summed E-state index contributed by atoms with van der Waals surface area (Å²) in [6.07, 6.45) is 7.75. The van der Waals surface area contributed by atoms with Crippen LogP contribution in [0.3, 0.4) is 0 Å². The second-order valence-corrected chi connectivity index (χ2v) is 4.54. The molecule has 1 aromatic heterocycles. The maximum atomic E-state index is 6.16. The molecule has 0 bridgehead atoms. The standard InChI is InChI=1S/C14H15N3O/c15-14(11-7-16-9-17-8-11)10-1-3-12(4-2-10)18-13-5-6-13/h1-4,7-9,13-14H,5-6,15H2. The maximum absolute atomic E-state index is 6.16. The van der Waals surface area contributed by atoms with E-state index in [2.05, 4.69) is 9.97 Å². The highest BCUT2D eigenvalue weighted by Gasteiger charge is 2.23. The predicted molar refractivity (Wildman–Crippen MR) is 68.2 cm³/mol. The van der Waals surface area contributed by atoms with E-state index in [1.807, 2.05) is 24.3 Å². The Morgan fingerprint density at radius 3 is 2.33 bits per heavy atom. The van der Waals surface area contributed by atoms with Crippen molar-refractivity contribution < 1.29 is 4.74 Å². The first-order chi connectivity index (χ1) is 8.83. The first-order valence-electron chi connectivity index (χ1n) is 6.10. The number of rotatable bonds is 4. The summed E-state index contributed by atoms with van der Waals surface area (Å²) in [6.45, 7) is 0. The molecule has 0 saturated heterocycles. The summed E-state index contributed by atoms with van der Waals surface area (Å²) in [5.74, 6) is 0.915. The van der Waals surface area contributed by atoms with Crippen LogP contribution >= 0.6 is 0 Å². The molecule has 1 atom stereocenters. The second kappa shape index (κ2) is 4.74. The van der Waals surface area contributed by atoms with Gasteiger partial charge >= 0.3 is 0 Å². The van der Waals surface area contributed by atoms with Gasteiger partial charge in [0.05, 0.1) is 12.1 Å². The molecule has 1 aliphatic carbocycles. The summed E-state index contributed by atoms with van der Waals surface area (Å²) >= 11 is 0. The Morgan fingerprint density at radius 1 is 1.06 bits per heavy atom. The van der Waals surface area contributed by atoms with Crippen molar-refractivity contribution in [1.82, 2.24) is 9.97 Å². The predicted octanol–water partition coefficient (Wildman–Crippen LogP) is 2.07. The quantitative estimate of drug-likeness (QED) is 0.890. The van der Waals surface area contributed by atoms with Gasteiger partial charge in [0.25, 0.3) is 0 Å². The Kier molecular flexibility index (Phi) is 2.94. The zero-order valence-electron chi connectivity index (χ0n) is 9.99. The Bertz CT molecular complexity index is 508. The van der Waals surface area contributed by atoms with E-state index < -0.39 is 0 Å². The Morgan fingerprint density at radius 2 is 1.72 bits per heavy atom. The molecule has 0 aliphatic heterocycles. The molecule has 1 aliphatic rings. The van der Waals surface area contributed by atoms with Crippen LogP contribution in [0.5, 0.6) is 5.75 Å². The summed E-state index contributed by atoms with van der Waals surface area (Å²) in [6, 6.07) is 7.74. The normalized spacial score (nSPS) is 16.3. The number of hydrogen-bond donors (Lipinski definition) is 1. The molecular weight excluding hydrogens is 226 g/mol. The van der Waals surface area contributed by atoms with Crippen molar-refractivity contribution in [3.63, 3.8) is 0 Å². The SMILES string of the molecule is NC(c1ccc(OC2CC2)cc1)c1cncnc1.